The first-order chi connectivity index (χ1) is 23.8. The van der Waals surface area contributed by atoms with E-state index in [1.165, 1.54) is 38.5 Å². The Bertz CT molecular complexity index is 1870. The van der Waals surface area contributed by atoms with E-state index in [0.29, 0.717) is 16.8 Å². The van der Waals surface area contributed by atoms with Gasteiger partial charge >= 0.3 is 5.97 Å². The summed E-state index contributed by atoms with van der Waals surface area (Å²) in [7, 11) is 5.16. The number of carboxylic acid groups (broad SMARTS) is 1. The number of pyridine rings is 3. The monoisotopic (exact) mass is 666 g/mol. The van der Waals surface area contributed by atoms with Crippen LogP contribution < -0.4 is 19.9 Å². The van der Waals surface area contributed by atoms with Crippen LogP contribution in [0.25, 0.3) is 21.9 Å². The molecule has 1 N–H and O–H groups in total. The molecule has 1 saturated carbocycles. The number of hydrogen-bond acceptors (Lipinski definition) is 9. The van der Waals surface area contributed by atoms with Crippen LogP contribution in [0, 0.1) is 5.41 Å². The summed E-state index contributed by atoms with van der Waals surface area (Å²) in [6.45, 7) is 6.96. The van der Waals surface area contributed by atoms with Crippen LogP contribution in [-0.4, -0.2) is 94.9 Å². The average molecular weight is 667 g/mol. The highest BCUT2D eigenvalue weighted by Gasteiger charge is 2.40. The molecular weight excluding hydrogens is 620 g/mol. The molecule has 1 spiro atoms. The van der Waals surface area contributed by atoms with E-state index in [1.54, 1.807) is 50.5 Å². The number of carboxylic acids is 1. The molecule has 1 aliphatic carbocycles. The summed E-state index contributed by atoms with van der Waals surface area (Å²) in [6.07, 6.45) is 14.4. The number of aryl methyl sites for hydroxylation is 1. The van der Waals surface area contributed by atoms with Gasteiger partial charge in [-0.2, -0.15) is 0 Å². The van der Waals surface area contributed by atoms with E-state index in [4.69, 9.17) is 14.6 Å². The quantitative estimate of drug-likeness (QED) is 0.274. The summed E-state index contributed by atoms with van der Waals surface area (Å²) in [5, 5.41) is 10.6. The zero-order valence-corrected chi connectivity index (χ0v) is 28.7. The molecule has 1 aromatic carbocycles. The van der Waals surface area contributed by atoms with Crippen molar-refractivity contribution < 1.29 is 19.4 Å². The molecule has 2 aliphatic heterocycles. The molecule has 2 saturated heterocycles. The predicted octanol–water partition coefficient (Wildman–Crippen LogP) is 5.06. The fourth-order valence-electron chi connectivity index (χ4n) is 8.37. The molecule has 7 rings (SSSR count). The van der Waals surface area contributed by atoms with Crippen molar-refractivity contribution >= 4 is 22.4 Å². The summed E-state index contributed by atoms with van der Waals surface area (Å²) in [5.74, 6) is 0.577. The van der Waals surface area contributed by atoms with Crippen molar-refractivity contribution in [2.45, 2.75) is 51.1 Å². The van der Waals surface area contributed by atoms with E-state index in [0.717, 1.165) is 85.1 Å². The maximum absolute atomic E-state index is 12.8. The highest BCUT2D eigenvalue weighted by atomic mass is 16.5. The fraction of sp³-hybridized carbons (Fsp3) is 0.474. The minimum Gasteiger partial charge on any atom is -0.496 e. The number of ether oxygens (including phenoxy) is 2. The number of rotatable bonds is 8. The van der Waals surface area contributed by atoms with Gasteiger partial charge in [0.15, 0.2) is 0 Å². The maximum atomic E-state index is 12.8. The van der Waals surface area contributed by atoms with Gasteiger partial charge in [-0.15, -0.1) is 0 Å². The Hall–Kier alpha value is -4.48. The van der Waals surface area contributed by atoms with E-state index >= 15 is 0 Å². The third kappa shape index (κ3) is 6.61. The molecular formula is C38H46N6O5. The van der Waals surface area contributed by atoms with Gasteiger partial charge in [0.25, 0.3) is 5.56 Å². The van der Waals surface area contributed by atoms with Gasteiger partial charge in [-0.3, -0.25) is 19.6 Å². The van der Waals surface area contributed by atoms with Gasteiger partial charge in [-0.25, -0.2) is 9.78 Å². The van der Waals surface area contributed by atoms with Crippen LogP contribution in [0.5, 0.6) is 11.5 Å². The van der Waals surface area contributed by atoms with Gasteiger partial charge in [0.1, 0.15) is 17.2 Å². The molecule has 5 heterocycles. The zero-order valence-electron chi connectivity index (χ0n) is 28.7. The molecule has 11 heteroatoms. The Morgan fingerprint density at radius 1 is 0.898 bits per heavy atom. The average Bonchev–Trinajstić information content (AvgIpc) is 3.14. The SMILES string of the molecule is COc1cc(-c2cn(C)c(=O)c3cnccc23)c(OC)cc1CN1CCN(C2CCC3(CC2)CCN(c2ccc(C(=O)O)nc2)CC3)CC1. The molecule has 0 radical (unpaired) electrons. The third-order valence-corrected chi connectivity index (χ3v) is 11.4. The van der Waals surface area contributed by atoms with E-state index in [1.807, 2.05) is 24.4 Å². The Morgan fingerprint density at radius 3 is 2.29 bits per heavy atom. The molecule has 4 aromatic rings. The van der Waals surface area contributed by atoms with E-state index < -0.39 is 5.97 Å². The molecule has 0 amide bonds. The van der Waals surface area contributed by atoms with Gasteiger partial charge in [-0.05, 0) is 79.7 Å². The van der Waals surface area contributed by atoms with Crippen molar-refractivity contribution in [1.29, 1.82) is 0 Å². The second kappa shape index (κ2) is 13.8. The summed E-state index contributed by atoms with van der Waals surface area (Å²) in [4.78, 5) is 39.8. The van der Waals surface area contributed by atoms with Crippen LogP contribution in [0.2, 0.25) is 0 Å². The standard InChI is InChI=1S/C38H46N6O5/c1-41-25-32(29-8-13-39-23-31(29)36(41)45)30-21-34(48-2)26(20-35(30)49-3)24-42-16-18-44(19-17-42)27-6-9-38(10-7-27)11-14-43(15-12-38)28-4-5-33(37(46)47)40-22-28/h4-5,8,13,20-23,25,27H,6-7,9-12,14-19,24H2,1-3H3,(H,46,47). The van der Waals surface area contributed by atoms with Crippen molar-refractivity contribution in [2.24, 2.45) is 12.5 Å². The Morgan fingerprint density at radius 2 is 1.63 bits per heavy atom. The first-order valence-corrected chi connectivity index (χ1v) is 17.4. The Balaban J connectivity index is 0.952. The molecule has 3 aliphatic rings. The van der Waals surface area contributed by atoms with Crippen LogP contribution in [0.3, 0.4) is 0 Å². The van der Waals surface area contributed by atoms with Gasteiger partial charge in [-0.1, -0.05) is 0 Å². The number of benzene rings is 1. The van der Waals surface area contributed by atoms with Gasteiger partial charge in [0.05, 0.1) is 31.5 Å². The molecule has 258 valence electrons. The van der Waals surface area contributed by atoms with Crippen LogP contribution in [0.1, 0.15) is 54.6 Å². The second-order valence-corrected chi connectivity index (χ2v) is 14.0. The first kappa shape index (κ1) is 33.0. The van der Waals surface area contributed by atoms with Crippen molar-refractivity contribution in [3.8, 4) is 22.6 Å². The third-order valence-electron chi connectivity index (χ3n) is 11.4. The molecule has 49 heavy (non-hydrogen) atoms. The van der Waals surface area contributed by atoms with Crippen LogP contribution in [0.4, 0.5) is 5.69 Å². The largest absolute Gasteiger partial charge is 0.496 e. The molecule has 11 nitrogen and oxygen atoms in total. The first-order valence-electron chi connectivity index (χ1n) is 17.4. The number of methoxy groups -OCH3 is 2. The topological polar surface area (TPSA) is 113 Å². The van der Waals surface area contributed by atoms with Crippen molar-refractivity contribution in [3.05, 3.63) is 76.7 Å². The number of hydrogen-bond donors (Lipinski definition) is 1. The van der Waals surface area contributed by atoms with Crippen molar-refractivity contribution in [3.63, 3.8) is 0 Å². The van der Waals surface area contributed by atoms with Crippen LogP contribution in [0.15, 0.2) is 59.9 Å². The zero-order chi connectivity index (χ0) is 34.1. The predicted molar refractivity (Wildman–Crippen MR) is 190 cm³/mol. The van der Waals surface area contributed by atoms with Gasteiger partial charge in [0.2, 0.25) is 0 Å². The molecule has 0 bridgehead atoms. The lowest BCUT2D eigenvalue weighted by atomic mass is 9.66. The smallest absolute Gasteiger partial charge is 0.354 e. The number of piperazine rings is 1. The summed E-state index contributed by atoms with van der Waals surface area (Å²) >= 11 is 0. The Kier molecular flexibility index (Phi) is 9.30. The number of fused-ring (bicyclic) bond motifs is 1. The van der Waals surface area contributed by atoms with Crippen LogP contribution in [-0.2, 0) is 13.6 Å². The van der Waals surface area contributed by atoms with Crippen molar-refractivity contribution in [1.82, 2.24) is 24.3 Å². The normalized spacial score (nSPS) is 19.0. The summed E-state index contributed by atoms with van der Waals surface area (Å²) in [5.41, 5.74) is 4.34. The molecule has 0 atom stereocenters. The molecule has 3 aromatic heterocycles. The van der Waals surface area contributed by atoms with Gasteiger partial charge in [0, 0.05) is 94.2 Å². The number of carbonyl (C=O) groups is 1. The lowest BCUT2D eigenvalue weighted by molar-refractivity contribution is 0.0371. The number of aromatic nitrogens is 3. The molecule has 3 fully saturated rings. The number of nitrogens with zero attached hydrogens (tertiary/aromatic N) is 6. The fourth-order valence-corrected chi connectivity index (χ4v) is 8.37. The lowest BCUT2D eigenvalue weighted by Gasteiger charge is -2.49. The van der Waals surface area contributed by atoms with E-state index in [-0.39, 0.29) is 11.3 Å². The van der Waals surface area contributed by atoms with E-state index in [9.17, 15) is 9.59 Å². The minimum atomic E-state index is -0.985. The lowest BCUT2D eigenvalue weighted by Crippen LogP contribution is -2.52. The summed E-state index contributed by atoms with van der Waals surface area (Å²) < 4.78 is 13.4. The van der Waals surface area contributed by atoms with E-state index in [2.05, 4.69) is 30.7 Å². The number of anilines is 1. The molecule has 0 unspecified atom stereocenters. The number of aromatic carboxylic acids is 1. The second-order valence-electron chi connectivity index (χ2n) is 14.0. The van der Waals surface area contributed by atoms with Crippen molar-refractivity contribution in [2.75, 3.05) is 58.4 Å². The minimum absolute atomic E-state index is 0.0800. The highest BCUT2D eigenvalue weighted by molar-refractivity contribution is 5.97. The van der Waals surface area contributed by atoms with Gasteiger partial charge < -0.3 is 24.0 Å². The van der Waals surface area contributed by atoms with Crippen LogP contribution >= 0.6 is 0 Å². The number of piperidine rings is 1. The summed E-state index contributed by atoms with van der Waals surface area (Å²) in [6, 6.07) is 10.2. The highest BCUT2D eigenvalue weighted by Crippen LogP contribution is 2.46. The Labute approximate surface area is 287 Å². The maximum Gasteiger partial charge on any atom is 0.354 e.